The SMILES string of the molecule is COc1ccc(Oc2ccc(C(C)(C)c3ccc(Oc4ccc(C)cc4)cc3)cc2)cc1. The summed E-state index contributed by atoms with van der Waals surface area (Å²) in [6.45, 7) is 6.52. The quantitative estimate of drug-likeness (QED) is 0.302. The zero-order valence-corrected chi connectivity index (χ0v) is 19.0. The van der Waals surface area contributed by atoms with Gasteiger partial charge in [0.1, 0.15) is 28.7 Å². The van der Waals surface area contributed by atoms with Crippen LogP contribution in [0.4, 0.5) is 0 Å². The second-order valence-electron chi connectivity index (χ2n) is 8.37. The topological polar surface area (TPSA) is 27.7 Å². The molecule has 0 spiro atoms. The standard InChI is InChI=1S/C29H28O3/c1-21-5-11-25(12-6-21)31-26-13-7-22(8-14-26)29(2,3)23-9-15-27(16-10-23)32-28-19-17-24(30-4)18-20-28/h5-20H,1-4H3. The summed E-state index contributed by atoms with van der Waals surface area (Å²) in [5.74, 6) is 4.06. The molecule has 0 saturated heterocycles. The second kappa shape index (κ2) is 9.19. The van der Waals surface area contributed by atoms with E-state index in [1.807, 2.05) is 60.7 Å². The van der Waals surface area contributed by atoms with Crippen molar-refractivity contribution in [3.63, 3.8) is 0 Å². The Morgan fingerprint density at radius 3 is 1.16 bits per heavy atom. The van der Waals surface area contributed by atoms with Gasteiger partial charge in [0.25, 0.3) is 0 Å². The van der Waals surface area contributed by atoms with Crippen LogP contribution in [0.2, 0.25) is 0 Å². The van der Waals surface area contributed by atoms with Gasteiger partial charge in [-0.05, 0) is 78.7 Å². The summed E-state index contributed by atoms with van der Waals surface area (Å²) < 4.78 is 17.1. The molecule has 3 nitrogen and oxygen atoms in total. The van der Waals surface area contributed by atoms with E-state index in [0.29, 0.717) is 0 Å². The van der Waals surface area contributed by atoms with E-state index in [1.54, 1.807) is 7.11 Å². The summed E-state index contributed by atoms with van der Waals surface area (Å²) >= 11 is 0. The molecule has 0 aliphatic heterocycles. The minimum atomic E-state index is -0.152. The molecule has 0 radical (unpaired) electrons. The molecule has 0 aromatic heterocycles. The Morgan fingerprint density at radius 1 is 0.469 bits per heavy atom. The van der Waals surface area contributed by atoms with Crippen LogP contribution >= 0.6 is 0 Å². The van der Waals surface area contributed by atoms with Crippen molar-refractivity contribution in [3.05, 3.63) is 114 Å². The fraction of sp³-hybridized carbons (Fsp3) is 0.172. The Labute approximate surface area is 190 Å². The number of aryl methyl sites for hydroxylation is 1. The highest BCUT2D eigenvalue weighted by Gasteiger charge is 2.23. The molecule has 0 atom stereocenters. The van der Waals surface area contributed by atoms with Crippen LogP contribution in [0, 0.1) is 6.92 Å². The van der Waals surface area contributed by atoms with Crippen molar-refractivity contribution < 1.29 is 14.2 Å². The molecule has 4 aromatic carbocycles. The molecule has 0 unspecified atom stereocenters. The van der Waals surface area contributed by atoms with Crippen LogP contribution < -0.4 is 14.2 Å². The van der Waals surface area contributed by atoms with Crippen LogP contribution in [0.15, 0.2) is 97.1 Å². The summed E-state index contributed by atoms with van der Waals surface area (Å²) in [5, 5.41) is 0. The first kappa shape index (κ1) is 21.5. The van der Waals surface area contributed by atoms with Gasteiger partial charge in [0.15, 0.2) is 0 Å². The number of rotatable bonds is 7. The van der Waals surface area contributed by atoms with E-state index < -0.39 is 0 Å². The molecular formula is C29H28O3. The maximum Gasteiger partial charge on any atom is 0.127 e. The van der Waals surface area contributed by atoms with Crippen LogP contribution in [0.1, 0.15) is 30.5 Å². The van der Waals surface area contributed by atoms with Crippen molar-refractivity contribution in [3.8, 4) is 28.7 Å². The maximum atomic E-state index is 5.97. The van der Waals surface area contributed by atoms with Crippen molar-refractivity contribution >= 4 is 0 Å². The number of ether oxygens (including phenoxy) is 3. The summed E-state index contributed by atoms with van der Waals surface area (Å²) in [6, 6.07) is 32.2. The molecule has 0 amide bonds. The molecule has 0 N–H and O–H groups in total. The Bertz CT molecular complexity index is 1140. The Morgan fingerprint density at radius 2 is 0.781 bits per heavy atom. The van der Waals surface area contributed by atoms with Crippen molar-refractivity contribution in [2.45, 2.75) is 26.2 Å². The fourth-order valence-corrected chi connectivity index (χ4v) is 3.57. The predicted molar refractivity (Wildman–Crippen MR) is 129 cm³/mol. The maximum absolute atomic E-state index is 5.97. The van der Waals surface area contributed by atoms with Gasteiger partial charge in [-0.2, -0.15) is 0 Å². The van der Waals surface area contributed by atoms with Crippen molar-refractivity contribution in [2.75, 3.05) is 7.11 Å². The molecule has 0 aliphatic carbocycles. The normalized spacial score (nSPS) is 11.1. The Balaban J connectivity index is 1.45. The number of benzene rings is 4. The summed E-state index contributed by atoms with van der Waals surface area (Å²) in [7, 11) is 1.65. The number of methoxy groups -OCH3 is 1. The van der Waals surface area contributed by atoms with Crippen LogP contribution in [-0.4, -0.2) is 7.11 Å². The van der Waals surface area contributed by atoms with E-state index in [4.69, 9.17) is 14.2 Å². The van der Waals surface area contributed by atoms with Crippen molar-refractivity contribution in [1.29, 1.82) is 0 Å². The van der Waals surface area contributed by atoms with Crippen molar-refractivity contribution in [2.24, 2.45) is 0 Å². The first-order chi connectivity index (χ1) is 15.4. The molecule has 4 aromatic rings. The summed E-state index contributed by atoms with van der Waals surface area (Å²) in [4.78, 5) is 0. The van der Waals surface area contributed by atoms with Gasteiger partial charge in [-0.3, -0.25) is 0 Å². The monoisotopic (exact) mass is 424 g/mol. The third-order valence-corrected chi connectivity index (χ3v) is 5.70. The predicted octanol–water partition coefficient (Wildman–Crippen LogP) is 7.91. The van der Waals surface area contributed by atoms with Gasteiger partial charge in [-0.15, -0.1) is 0 Å². The van der Waals surface area contributed by atoms with E-state index in [0.717, 1.165) is 28.7 Å². The minimum absolute atomic E-state index is 0.152. The van der Waals surface area contributed by atoms with E-state index in [2.05, 4.69) is 57.2 Å². The molecule has 0 fully saturated rings. The van der Waals surface area contributed by atoms with Crippen LogP contribution in [0.25, 0.3) is 0 Å². The van der Waals surface area contributed by atoms with Gasteiger partial charge in [-0.1, -0.05) is 55.8 Å². The molecular weight excluding hydrogens is 396 g/mol. The number of hydrogen-bond acceptors (Lipinski definition) is 3. The molecule has 0 aliphatic rings. The lowest BCUT2D eigenvalue weighted by atomic mass is 9.78. The Kier molecular flexibility index (Phi) is 6.18. The van der Waals surface area contributed by atoms with Gasteiger partial charge in [0, 0.05) is 5.41 Å². The molecule has 32 heavy (non-hydrogen) atoms. The highest BCUT2D eigenvalue weighted by Crippen LogP contribution is 2.34. The lowest BCUT2D eigenvalue weighted by Gasteiger charge is -2.26. The first-order valence-corrected chi connectivity index (χ1v) is 10.7. The smallest absolute Gasteiger partial charge is 0.127 e. The lowest BCUT2D eigenvalue weighted by molar-refractivity contribution is 0.413. The summed E-state index contributed by atoms with van der Waals surface area (Å²) in [6.07, 6.45) is 0. The van der Waals surface area contributed by atoms with E-state index in [9.17, 15) is 0 Å². The third-order valence-electron chi connectivity index (χ3n) is 5.70. The second-order valence-corrected chi connectivity index (χ2v) is 8.37. The molecule has 0 saturated carbocycles. The molecule has 3 heteroatoms. The summed E-state index contributed by atoms with van der Waals surface area (Å²) in [5.41, 5.74) is 3.50. The Hall–Kier alpha value is -3.72. The van der Waals surface area contributed by atoms with Gasteiger partial charge in [-0.25, -0.2) is 0 Å². The largest absolute Gasteiger partial charge is 0.497 e. The van der Waals surface area contributed by atoms with E-state index in [-0.39, 0.29) is 5.41 Å². The highest BCUT2D eigenvalue weighted by molar-refractivity contribution is 5.44. The van der Waals surface area contributed by atoms with Crippen LogP contribution in [-0.2, 0) is 5.41 Å². The van der Waals surface area contributed by atoms with Crippen LogP contribution in [0.3, 0.4) is 0 Å². The minimum Gasteiger partial charge on any atom is -0.497 e. The van der Waals surface area contributed by atoms with Gasteiger partial charge >= 0.3 is 0 Å². The van der Waals surface area contributed by atoms with E-state index >= 15 is 0 Å². The van der Waals surface area contributed by atoms with Gasteiger partial charge in [0.05, 0.1) is 7.11 Å². The molecule has 0 heterocycles. The average molecular weight is 425 g/mol. The van der Waals surface area contributed by atoms with Crippen LogP contribution in [0.5, 0.6) is 28.7 Å². The molecule has 162 valence electrons. The fourth-order valence-electron chi connectivity index (χ4n) is 3.57. The zero-order chi connectivity index (χ0) is 22.6. The molecule has 0 bridgehead atoms. The zero-order valence-electron chi connectivity index (χ0n) is 19.0. The first-order valence-electron chi connectivity index (χ1n) is 10.7. The highest BCUT2D eigenvalue weighted by atomic mass is 16.5. The third kappa shape index (κ3) is 4.94. The average Bonchev–Trinajstić information content (AvgIpc) is 2.82. The van der Waals surface area contributed by atoms with E-state index in [1.165, 1.54) is 16.7 Å². The lowest BCUT2D eigenvalue weighted by Crippen LogP contribution is -2.18. The van der Waals surface area contributed by atoms with Gasteiger partial charge < -0.3 is 14.2 Å². The number of hydrogen-bond donors (Lipinski definition) is 0. The van der Waals surface area contributed by atoms with Gasteiger partial charge in [0.2, 0.25) is 0 Å². The van der Waals surface area contributed by atoms with Crippen molar-refractivity contribution in [1.82, 2.24) is 0 Å². The molecule has 4 rings (SSSR count).